The highest BCUT2D eigenvalue weighted by atomic mass is 32.2. The number of benzene rings is 3. The summed E-state index contributed by atoms with van der Waals surface area (Å²) in [6.07, 6.45) is 0. The summed E-state index contributed by atoms with van der Waals surface area (Å²) >= 11 is 0. The molecule has 0 saturated carbocycles. The Labute approximate surface area is 184 Å². The monoisotopic (exact) mass is 450 g/mol. The second kappa shape index (κ2) is 8.90. The fraction of sp³-hybridized carbons (Fsp3) is 0.0455. The van der Waals surface area contributed by atoms with Gasteiger partial charge in [-0.3, -0.25) is 14.8 Å². The van der Waals surface area contributed by atoms with E-state index in [1.165, 1.54) is 43.5 Å². The second-order valence-corrected chi connectivity index (χ2v) is 8.27. The molecule has 4 rings (SSSR count). The zero-order valence-electron chi connectivity index (χ0n) is 16.8. The van der Waals surface area contributed by atoms with Crippen LogP contribution in [0.25, 0.3) is 11.5 Å². The van der Waals surface area contributed by atoms with Gasteiger partial charge in [0.15, 0.2) is 0 Å². The number of ether oxygens (including phenoxy) is 1. The molecule has 0 saturated heterocycles. The second-order valence-electron chi connectivity index (χ2n) is 6.59. The van der Waals surface area contributed by atoms with Crippen LogP contribution in [0, 0.1) is 0 Å². The van der Waals surface area contributed by atoms with Crippen molar-refractivity contribution in [1.82, 2.24) is 10.2 Å². The summed E-state index contributed by atoms with van der Waals surface area (Å²) < 4.78 is 38.0. The minimum atomic E-state index is -3.78. The van der Waals surface area contributed by atoms with Crippen molar-refractivity contribution in [2.75, 3.05) is 17.1 Å². The van der Waals surface area contributed by atoms with Crippen LogP contribution in [0.3, 0.4) is 0 Å². The summed E-state index contributed by atoms with van der Waals surface area (Å²) in [4.78, 5) is 12.5. The van der Waals surface area contributed by atoms with E-state index in [1.54, 1.807) is 12.1 Å². The van der Waals surface area contributed by atoms with Crippen molar-refractivity contribution in [2.45, 2.75) is 4.90 Å². The average Bonchev–Trinajstić information content (AvgIpc) is 3.28. The van der Waals surface area contributed by atoms with Gasteiger partial charge in [-0.05, 0) is 60.7 Å². The molecule has 162 valence electrons. The smallest absolute Gasteiger partial charge is 0.322 e. The average molecular weight is 450 g/mol. The molecule has 3 aromatic carbocycles. The molecule has 0 aliphatic rings. The van der Waals surface area contributed by atoms with Crippen LogP contribution < -0.4 is 14.8 Å². The predicted molar refractivity (Wildman–Crippen MR) is 118 cm³/mol. The lowest BCUT2D eigenvalue weighted by atomic mass is 10.2. The number of sulfonamides is 1. The number of hydrogen-bond acceptors (Lipinski definition) is 7. The Morgan fingerprint density at radius 2 is 1.59 bits per heavy atom. The zero-order valence-corrected chi connectivity index (χ0v) is 17.7. The van der Waals surface area contributed by atoms with Gasteiger partial charge in [0.05, 0.1) is 12.0 Å². The molecule has 0 fully saturated rings. The highest BCUT2D eigenvalue weighted by molar-refractivity contribution is 7.92. The first-order valence-electron chi connectivity index (χ1n) is 9.42. The molecule has 0 radical (unpaired) electrons. The molecule has 1 aromatic heterocycles. The molecular formula is C22H18N4O5S. The van der Waals surface area contributed by atoms with Crippen LogP contribution in [0.5, 0.6) is 5.75 Å². The third kappa shape index (κ3) is 4.76. The van der Waals surface area contributed by atoms with Gasteiger partial charge in [-0.2, -0.15) is 0 Å². The van der Waals surface area contributed by atoms with Crippen molar-refractivity contribution in [2.24, 2.45) is 0 Å². The van der Waals surface area contributed by atoms with Crippen molar-refractivity contribution in [3.63, 3.8) is 0 Å². The molecular weight excluding hydrogens is 432 g/mol. The number of anilines is 2. The molecule has 4 aromatic rings. The summed E-state index contributed by atoms with van der Waals surface area (Å²) in [5.74, 6) is 0.360. The molecule has 1 amide bonds. The van der Waals surface area contributed by atoms with E-state index >= 15 is 0 Å². The largest absolute Gasteiger partial charge is 0.497 e. The first kappa shape index (κ1) is 21.1. The molecule has 0 unspecified atom stereocenters. The van der Waals surface area contributed by atoms with Gasteiger partial charge >= 0.3 is 6.01 Å². The van der Waals surface area contributed by atoms with Crippen LogP contribution >= 0.6 is 0 Å². The molecule has 10 heteroatoms. The van der Waals surface area contributed by atoms with Gasteiger partial charge in [0.1, 0.15) is 5.75 Å². The van der Waals surface area contributed by atoms with Gasteiger partial charge in [0.25, 0.3) is 15.9 Å². The Balaban J connectivity index is 1.42. The van der Waals surface area contributed by atoms with Crippen LogP contribution in [0.4, 0.5) is 11.7 Å². The number of aromatic nitrogens is 2. The fourth-order valence-electron chi connectivity index (χ4n) is 2.80. The molecule has 0 bridgehead atoms. The highest BCUT2D eigenvalue weighted by Gasteiger charge is 2.16. The number of carbonyl (C=O) groups is 1. The minimum absolute atomic E-state index is 0.0434. The molecule has 2 N–H and O–H groups in total. The summed E-state index contributed by atoms with van der Waals surface area (Å²) in [5, 5.41) is 10.3. The van der Waals surface area contributed by atoms with Crippen LogP contribution in [-0.4, -0.2) is 31.6 Å². The summed E-state index contributed by atoms with van der Waals surface area (Å²) in [7, 11) is -2.28. The summed E-state index contributed by atoms with van der Waals surface area (Å²) in [6, 6.07) is 21.0. The number of nitrogens with one attached hydrogen (secondary N) is 2. The van der Waals surface area contributed by atoms with Gasteiger partial charge in [0, 0.05) is 16.8 Å². The Kier molecular flexibility index (Phi) is 5.86. The quantitative estimate of drug-likeness (QED) is 0.439. The van der Waals surface area contributed by atoms with E-state index in [0.29, 0.717) is 11.4 Å². The molecule has 0 spiro atoms. The van der Waals surface area contributed by atoms with Crippen molar-refractivity contribution in [1.29, 1.82) is 0 Å². The number of hydrogen-bond donors (Lipinski definition) is 2. The molecule has 1 heterocycles. The lowest BCUT2D eigenvalue weighted by molar-refractivity contribution is 0.102. The Hall–Kier alpha value is -4.18. The summed E-state index contributed by atoms with van der Waals surface area (Å²) in [5.41, 5.74) is 1.33. The van der Waals surface area contributed by atoms with Gasteiger partial charge in [-0.15, -0.1) is 5.10 Å². The lowest BCUT2D eigenvalue weighted by Crippen LogP contribution is -2.14. The van der Waals surface area contributed by atoms with Crippen LogP contribution in [0.1, 0.15) is 10.4 Å². The van der Waals surface area contributed by atoms with Gasteiger partial charge in [-0.1, -0.05) is 23.3 Å². The van der Waals surface area contributed by atoms with E-state index in [-0.39, 0.29) is 22.4 Å². The van der Waals surface area contributed by atoms with E-state index in [4.69, 9.17) is 9.15 Å². The van der Waals surface area contributed by atoms with Crippen LogP contribution in [0.2, 0.25) is 0 Å². The normalized spacial score (nSPS) is 11.0. The van der Waals surface area contributed by atoms with Gasteiger partial charge < -0.3 is 9.15 Å². The Morgan fingerprint density at radius 3 is 2.25 bits per heavy atom. The number of amides is 1. The van der Waals surface area contributed by atoms with E-state index in [0.717, 1.165) is 5.56 Å². The van der Waals surface area contributed by atoms with Crippen molar-refractivity contribution in [3.05, 3.63) is 84.4 Å². The molecule has 9 nitrogen and oxygen atoms in total. The van der Waals surface area contributed by atoms with Crippen molar-refractivity contribution in [3.8, 4) is 17.2 Å². The topological polar surface area (TPSA) is 123 Å². The molecule has 32 heavy (non-hydrogen) atoms. The van der Waals surface area contributed by atoms with Gasteiger partial charge in [0.2, 0.25) is 5.89 Å². The molecule has 0 atom stereocenters. The zero-order chi connectivity index (χ0) is 22.6. The number of carbonyl (C=O) groups excluding carboxylic acids is 1. The van der Waals surface area contributed by atoms with Crippen LogP contribution in [0.15, 0.2) is 88.2 Å². The SMILES string of the molecule is COc1ccc(S(=O)(=O)Nc2ccc(C(=O)Nc3nnc(-c4ccccc4)o3)cc2)cc1. The third-order valence-electron chi connectivity index (χ3n) is 4.44. The fourth-order valence-corrected chi connectivity index (χ4v) is 3.86. The molecule has 0 aliphatic heterocycles. The number of methoxy groups -OCH3 is 1. The maximum absolute atomic E-state index is 12.5. The first-order valence-corrected chi connectivity index (χ1v) is 10.9. The maximum Gasteiger partial charge on any atom is 0.322 e. The van der Waals surface area contributed by atoms with E-state index in [9.17, 15) is 13.2 Å². The third-order valence-corrected chi connectivity index (χ3v) is 5.83. The molecule has 0 aliphatic carbocycles. The number of nitrogens with zero attached hydrogens (tertiary/aromatic N) is 2. The van der Waals surface area contributed by atoms with E-state index in [1.807, 2.05) is 30.3 Å². The van der Waals surface area contributed by atoms with Crippen molar-refractivity contribution >= 4 is 27.6 Å². The lowest BCUT2D eigenvalue weighted by Gasteiger charge is -2.09. The standard InChI is InChI=1S/C22H18N4O5S/c1-30-18-11-13-19(14-12-18)32(28,29)26-17-9-7-15(8-10-17)20(27)23-22-25-24-21(31-22)16-5-3-2-4-6-16/h2-14,26H,1H3,(H,23,25,27). The van der Waals surface area contributed by atoms with Crippen molar-refractivity contribution < 1.29 is 22.4 Å². The van der Waals surface area contributed by atoms with Crippen LogP contribution in [-0.2, 0) is 10.0 Å². The Morgan fingerprint density at radius 1 is 0.906 bits per heavy atom. The highest BCUT2D eigenvalue weighted by Crippen LogP contribution is 2.21. The summed E-state index contributed by atoms with van der Waals surface area (Å²) in [6.45, 7) is 0. The van der Waals surface area contributed by atoms with E-state index < -0.39 is 15.9 Å². The van der Waals surface area contributed by atoms with Gasteiger partial charge in [-0.25, -0.2) is 8.42 Å². The number of rotatable bonds is 7. The Bertz CT molecular complexity index is 1320. The van der Waals surface area contributed by atoms with E-state index in [2.05, 4.69) is 20.2 Å². The minimum Gasteiger partial charge on any atom is -0.497 e. The predicted octanol–water partition coefficient (Wildman–Crippen LogP) is 3.80. The maximum atomic E-state index is 12.5. The first-order chi connectivity index (χ1) is 15.4.